The first kappa shape index (κ1) is 23.0. The molecule has 3 heterocycles. The number of carbonyl (C=O) groups excluding carboxylic acids is 1. The fourth-order valence-electron chi connectivity index (χ4n) is 3.51. The molecule has 0 saturated carbocycles. The Morgan fingerprint density at radius 2 is 1.82 bits per heavy atom. The third kappa shape index (κ3) is 4.12. The van der Waals surface area contributed by atoms with Gasteiger partial charge in [0.1, 0.15) is 11.4 Å². The molecule has 0 unspecified atom stereocenters. The van der Waals surface area contributed by atoms with Crippen molar-refractivity contribution >= 4 is 23.4 Å². The van der Waals surface area contributed by atoms with Crippen LogP contribution in [0.4, 0.5) is 5.82 Å². The average Bonchev–Trinajstić information content (AvgIpc) is 3.34. The zero-order valence-electron chi connectivity index (χ0n) is 18.8. The van der Waals surface area contributed by atoms with E-state index in [2.05, 4.69) is 15.3 Å². The van der Waals surface area contributed by atoms with E-state index in [0.29, 0.717) is 0 Å². The molecule has 0 bridgehead atoms. The van der Waals surface area contributed by atoms with E-state index in [1.54, 1.807) is 4.68 Å². The molecule has 0 saturated heterocycles. The molecule has 0 aliphatic heterocycles. The highest BCUT2D eigenvalue weighted by Gasteiger charge is 2.23. The molecule has 176 valence electrons. The van der Waals surface area contributed by atoms with Gasteiger partial charge in [0.25, 0.3) is 11.5 Å². The lowest BCUT2D eigenvalue weighted by molar-refractivity contribution is 0.102. The van der Waals surface area contributed by atoms with Crippen LogP contribution < -0.4 is 22.8 Å². The summed E-state index contributed by atoms with van der Waals surface area (Å²) in [5.41, 5.74) is 6.95. The van der Waals surface area contributed by atoms with E-state index in [9.17, 15) is 14.4 Å². The fourth-order valence-corrected chi connectivity index (χ4v) is 4.23. The van der Waals surface area contributed by atoms with E-state index >= 15 is 0 Å². The zero-order chi connectivity index (χ0) is 24.6. The lowest BCUT2D eigenvalue weighted by Crippen LogP contribution is -2.43. The second kappa shape index (κ2) is 9.02. The van der Waals surface area contributed by atoms with Crippen molar-refractivity contribution in [1.82, 2.24) is 33.8 Å². The highest BCUT2D eigenvalue weighted by Crippen LogP contribution is 2.19. The molecule has 0 fully saturated rings. The number of nitrogen functional groups attached to an aromatic ring is 2. The predicted octanol–water partition coefficient (Wildman–Crippen LogP) is 0.260. The molecule has 0 amide bonds. The molecule has 0 spiro atoms. The van der Waals surface area contributed by atoms with Gasteiger partial charge in [0.2, 0.25) is 5.16 Å². The maximum Gasteiger partial charge on any atom is 0.332 e. The molecular weight excluding hydrogens is 458 g/mol. The quantitative estimate of drug-likeness (QED) is 0.214. The maximum absolute atomic E-state index is 13.0. The summed E-state index contributed by atoms with van der Waals surface area (Å²) in [6, 6.07) is 11.0. The molecule has 1 aromatic carbocycles. The monoisotopic (exact) mass is 481 g/mol. The standard InChI is InChI=1S/C21H23N9O3S/c1-12-9-13(2)30(26-12)19-24-25-20(29(19)23)34-11-15(31)16-17(22)28(21(33)27(3)18(16)32)10-14-7-5-4-6-8-14/h4-9H,10-11,22-23H2,1-3H3. The van der Waals surface area contributed by atoms with E-state index in [1.165, 1.54) is 16.3 Å². The molecule has 34 heavy (non-hydrogen) atoms. The highest BCUT2D eigenvalue weighted by molar-refractivity contribution is 7.99. The number of aromatic nitrogens is 7. The minimum Gasteiger partial charge on any atom is -0.384 e. The number of thioether (sulfide) groups is 1. The number of anilines is 1. The number of hydrogen-bond donors (Lipinski definition) is 2. The van der Waals surface area contributed by atoms with E-state index in [0.717, 1.165) is 33.3 Å². The Hall–Kier alpha value is -4.13. The Morgan fingerprint density at radius 1 is 1.12 bits per heavy atom. The fraction of sp³-hybridized carbons (Fsp3) is 0.238. The summed E-state index contributed by atoms with van der Waals surface area (Å²) < 4.78 is 4.85. The molecule has 0 aliphatic carbocycles. The molecule has 0 atom stereocenters. The first-order valence-corrected chi connectivity index (χ1v) is 11.2. The maximum atomic E-state index is 13.0. The Balaban J connectivity index is 1.61. The van der Waals surface area contributed by atoms with Crippen LogP contribution in [0.5, 0.6) is 0 Å². The van der Waals surface area contributed by atoms with Gasteiger partial charge in [-0.3, -0.25) is 18.7 Å². The number of rotatable bonds is 7. The van der Waals surface area contributed by atoms with Gasteiger partial charge in [-0.2, -0.15) is 5.10 Å². The molecule has 12 nitrogen and oxygen atoms in total. The molecular formula is C21H23N9O3S. The van der Waals surface area contributed by atoms with E-state index < -0.39 is 17.0 Å². The predicted molar refractivity (Wildman–Crippen MR) is 128 cm³/mol. The smallest absolute Gasteiger partial charge is 0.332 e. The summed E-state index contributed by atoms with van der Waals surface area (Å²) in [7, 11) is 1.31. The van der Waals surface area contributed by atoms with Crippen molar-refractivity contribution in [1.29, 1.82) is 0 Å². The Labute approximate surface area is 197 Å². The zero-order valence-corrected chi connectivity index (χ0v) is 19.6. The number of aryl methyl sites for hydroxylation is 2. The lowest BCUT2D eigenvalue weighted by atomic mass is 10.2. The van der Waals surface area contributed by atoms with E-state index in [1.807, 2.05) is 50.2 Å². The summed E-state index contributed by atoms with van der Waals surface area (Å²) in [4.78, 5) is 38.4. The van der Waals surface area contributed by atoms with Crippen LogP contribution in [-0.4, -0.2) is 45.3 Å². The van der Waals surface area contributed by atoms with Gasteiger partial charge in [-0.15, -0.1) is 10.2 Å². The van der Waals surface area contributed by atoms with Gasteiger partial charge in [0, 0.05) is 12.7 Å². The second-order valence-electron chi connectivity index (χ2n) is 7.68. The van der Waals surface area contributed by atoms with Crippen LogP contribution >= 0.6 is 11.8 Å². The van der Waals surface area contributed by atoms with E-state index in [4.69, 9.17) is 11.6 Å². The summed E-state index contributed by atoms with van der Waals surface area (Å²) in [6.45, 7) is 3.82. The third-order valence-corrected chi connectivity index (χ3v) is 6.17. The first-order chi connectivity index (χ1) is 16.2. The van der Waals surface area contributed by atoms with E-state index in [-0.39, 0.29) is 34.8 Å². The molecule has 3 aromatic heterocycles. The Morgan fingerprint density at radius 3 is 2.47 bits per heavy atom. The average molecular weight is 482 g/mol. The van der Waals surface area contributed by atoms with Gasteiger partial charge < -0.3 is 11.6 Å². The van der Waals surface area contributed by atoms with Crippen molar-refractivity contribution in [3.63, 3.8) is 0 Å². The molecule has 0 radical (unpaired) electrons. The number of benzene rings is 1. The van der Waals surface area contributed by atoms with Crippen LogP contribution in [-0.2, 0) is 13.6 Å². The van der Waals surface area contributed by atoms with Crippen molar-refractivity contribution < 1.29 is 4.79 Å². The summed E-state index contributed by atoms with van der Waals surface area (Å²) in [5.74, 6) is 5.48. The number of nitrogens with zero attached hydrogens (tertiary/aromatic N) is 7. The number of hydrogen-bond acceptors (Lipinski definition) is 9. The minimum atomic E-state index is -0.755. The number of Topliss-reactive ketones (excluding diaryl/α,β-unsaturated/α-hetero) is 1. The third-order valence-electron chi connectivity index (χ3n) is 5.22. The van der Waals surface area contributed by atoms with Crippen molar-refractivity contribution in [3.8, 4) is 5.95 Å². The van der Waals surface area contributed by atoms with Crippen molar-refractivity contribution in [2.24, 2.45) is 7.05 Å². The normalized spacial score (nSPS) is 11.1. The highest BCUT2D eigenvalue weighted by atomic mass is 32.2. The molecule has 4 rings (SSSR count). The Bertz CT molecular complexity index is 1500. The largest absolute Gasteiger partial charge is 0.384 e. The lowest BCUT2D eigenvalue weighted by Gasteiger charge is -2.14. The first-order valence-electron chi connectivity index (χ1n) is 10.2. The van der Waals surface area contributed by atoms with Gasteiger partial charge in [-0.25, -0.2) is 14.2 Å². The topological polar surface area (TPSA) is 162 Å². The summed E-state index contributed by atoms with van der Waals surface area (Å²) >= 11 is 0.998. The molecule has 4 aromatic rings. The van der Waals surface area contributed by atoms with Crippen molar-refractivity contribution in [2.45, 2.75) is 25.5 Å². The van der Waals surface area contributed by atoms with Gasteiger partial charge in [0.15, 0.2) is 5.78 Å². The molecule has 4 N–H and O–H groups in total. The number of carbonyl (C=O) groups is 1. The van der Waals surface area contributed by atoms with Gasteiger partial charge in [0.05, 0.1) is 18.0 Å². The SMILES string of the molecule is Cc1cc(C)n(-c2nnc(SCC(=O)c3c(N)n(Cc4ccccc4)c(=O)n(C)c3=O)n2N)n1. The molecule has 0 aliphatic rings. The summed E-state index contributed by atoms with van der Waals surface area (Å²) in [6.07, 6.45) is 0. The van der Waals surface area contributed by atoms with Gasteiger partial charge in [-0.1, -0.05) is 42.1 Å². The summed E-state index contributed by atoms with van der Waals surface area (Å²) in [5, 5.41) is 12.7. The number of nitrogens with two attached hydrogens (primary N) is 2. The van der Waals surface area contributed by atoms with Crippen LogP contribution in [0.25, 0.3) is 5.95 Å². The Kier molecular flexibility index (Phi) is 6.11. The van der Waals surface area contributed by atoms with Crippen LogP contribution in [0.2, 0.25) is 0 Å². The van der Waals surface area contributed by atoms with Crippen LogP contribution in [0, 0.1) is 13.8 Å². The van der Waals surface area contributed by atoms with Crippen molar-refractivity contribution in [3.05, 3.63) is 79.8 Å². The minimum absolute atomic E-state index is 0.121. The van der Waals surface area contributed by atoms with Gasteiger partial charge >= 0.3 is 5.69 Å². The van der Waals surface area contributed by atoms with Crippen LogP contribution in [0.15, 0.2) is 51.1 Å². The van der Waals surface area contributed by atoms with Crippen LogP contribution in [0.3, 0.4) is 0 Å². The number of ketones is 1. The van der Waals surface area contributed by atoms with Crippen molar-refractivity contribution in [2.75, 3.05) is 17.3 Å². The van der Waals surface area contributed by atoms with Crippen LogP contribution in [0.1, 0.15) is 27.3 Å². The second-order valence-corrected chi connectivity index (χ2v) is 8.62. The molecule has 13 heteroatoms. The van der Waals surface area contributed by atoms with Gasteiger partial charge in [-0.05, 0) is 25.5 Å².